The molecule has 0 bridgehead atoms. The standard InChI is InChI=1S/C15H12BrClO2/c16-13(14(18)10-4-2-1-3-5-10)15(19)11-6-8-12(17)9-7-11/h1-9,13,15,19H/t13-,15-/m1/s1. The molecular weight excluding hydrogens is 328 g/mol. The van der Waals surface area contributed by atoms with Crippen molar-refractivity contribution in [1.29, 1.82) is 0 Å². The van der Waals surface area contributed by atoms with Crippen LogP contribution in [-0.4, -0.2) is 15.7 Å². The first-order valence-electron chi connectivity index (χ1n) is 5.76. The van der Waals surface area contributed by atoms with Gasteiger partial charge in [-0.15, -0.1) is 0 Å². The summed E-state index contributed by atoms with van der Waals surface area (Å²) < 4.78 is 0. The molecule has 0 spiro atoms. The van der Waals surface area contributed by atoms with Crippen LogP contribution in [0.5, 0.6) is 0 Å². The maximum atomic E-state index is 12.2. The lowest BCUT2D eigenvalue weighted by Crippen LogP contribution is -2.22. The molecule has 0 heterocycles. The summed E-state index contributed by atoms with van der Waals surface area (Å²) in [6.45, 7) is 0. The fourth-order valence-corrected chi connectivity index (χ4v) is 2.43. The molecule has 4 heteroatoms. The molecule has 0 unspecified atom stereocenters. The Morgan fingerprint density at radius 3 is 2.21 bits per heavy atom. The second-order valence-electron chi connectivity index (χ2n) is 4.13. The highest BCUT2D eigenvalue weighted by Crippen LogP contribution is 2.26. The van der Waals surface area contributed by atoms with Gasteiger partial charge < -0.3 is 5.11 Å². The summed E-state index contributed by atoms with van der Waals surface area (Å²) in [5, 5.41) is 10.8. The number of ketones is 1. The van der Waals surface area contributed by atoms with E-state index in [1.807, 2.05) is 6.07 Å². The molecule has 19 heavy (non-hydrogen) atoms. The molecule has 0 aliphatic rings. The first-order chi connectivity index (χ1) is 9.09. The summed E-state index contributed by atoms with van der Waals surface area (Å²) in [6.07, 6.45) is -0.912. The molecule has 0 fully saturated rings. The number of aliphatic hydroxyl groups excluding tert-OH is 1. The number of Topliss-reactive ketones (excluding diaryl/α,β-unsaturated/α-hetero) is 1. The van der Waals surface area contributed by atoms with Crippen LogP contribution in [0.15, 0.2) is 54.6 Å². The minimum absolute atomic E-state index is 0.150. The van der Waals surface area contributed by atoms with Gasteiger partial charge in [-0.05, 0) is 17.7 Å². The third kappa shape index (κ3) is 3.44. The van der Waals surface area contributed by atoms with Gasteiger partial charge in [-0.2, -0.15) is 0 Å². The van der Waals surface area contributed by atoms with Crippen molar-refractivity contribution < 1.29 is 9.90 Å². The van der Waals surface area contributed by atoms with Gasteiger partial charge in [0.2, 0.25) is 0 Å². The molecule has 2 aromatic carbocycles. The van der Waals surface area contributed by atoms with Crippen LogP contribution < -0.4 is 0 Å². The van der Waals surface area contributed by atoms with E-state index in [2.05, 4.69) is 15.9 Å². The average Bonchev–Trinajstić information content (AvgIpc) is 2.46. The molecule has 0 saturated heterocycles. The van der Waals surface area contributed by atoms with E-state index in [0.29, 0.717) is 16.1 Å². The fraction of sp³-hybridized carbons (Fsp3) is 0.133. The zero-order valence-corrected chi connectivity index (χ0v) is 12.3. The van der Waals surface area contributed by atoms with E-state index in [1.54, 1.807) is 48.5 Å². The van der Waals surface area contributed by atoms with E-state index >= 15 is 0 Å². The Hall–Kier alpha value is -1.16. The van der Waals surface area contributed by atoms with Gasteiger partial charge in [0.05, 0.1) is 6.10 Å². The lowest BCUT2D eigenvalue weighted by molar-refractivity contribution is 0.0903. The Kier molecular flexibility index (Phi) is 4.75. The molecule has 0 radical (unpaired) electrons. The van der Waals surface area contributed by atoms with Crippen LogP contribution in [0.1, 0.15) is 22.0 Å². The summed E-state index contributed by atoms with van der Waals surface area (Å²) in [7, 11) is 0. The van der Waals surface area contributed by atoms with E-state index < -0.39 is 10.9 Å². The normalized spacial score (nSPS) is 13.8. The van der Waals surface area contributed by atoms with Crippen molar-refractivity contribution in [2.75, 3.05) is 0 Å². The average molecular weight is 340 g/mol. The Labute approximate surface area is 125 Å². The highest BCUT2D eigenvalue weighted by atomic mass is 79.9. The van der Waals surface area contributed by atoms with Crippen LogP contribution in [0.25, 0.3) is 0 Å². The van der Waals surface area contributed by atoms with Crippen molar-refractivity contribution in [3.63, 3.8) is 0 Å². The summed E-state index contributed by atoms with van der Waals surface area (Å²) in [6, 6.07) is 15.7. The van der Waals surface area contributed by atoms with Gasteiger partial charge >= 0.3 is 0 Å². The Morgan fingerprint density at radius 1 is 1.05 bits per heavy atom. The molecule has 0 saturated carbocycles. The van der Waals surface area contributed by atoms with Crippen molar-refractivity contribution in [1.82, 2.24) is 0 Å². The van der Waals surface area contributed by atoms with E-state index in [9.17, 15) is 9.90 Å². The third-order valence-electron chi connectivity index (χ3n) is 2.80. The molecule has 2 aromatic rings. The number of carbonyl (C=O) groups excluding carboxylic acids is 1. The van der Waals surface area contributed by atoms with Crippen LogP contribution in [0, 0.1) is 0 Å². The smallest absolute Gasteiger partial charge is 0.179 e. The van der Waals surface area contributed by atoms with Crippen LogP contribution in [0.4, 0.5) is 0 Å². The van der Waals surface area contributed by atoms with Gasteiger partial charge in [0.1, 0.15) is 4.83 Å². The largest absolute Gasteiger partial charge is 0.387 e. The van der Waals surface area contributed by atoms with E-state index in [4.69, 9.17) is 11.6 Å². The predicted molar refractivity (Wildman–Crippen MR) is 79.9 cm³/mol. The Bertz CT molecular complexity index is 554. The fourth-order valence-electron chi connectivity index (χ4n) is 1.73. The van der Waals surface area contributed by atoms with Crippen molar-refractivity contribution in [2.24, 2.45) is 0 Å². The first kappa shape index (κ1) is 14.3. The highest BCUT2D eigenvalue weighted by Gasteiger charge is 2.26. The molecule has 2 nitrogen and oxygen atoms in total. The summed E-state index contributed by atoms with van der Waals surface area (Å²) in [4.78, 5) is 11.5. The van der Waals surface area contributed by atoms with Gasteiger partial charge in [-0.1, -0.05) is 70.0 Å². The molecule has 2 rings (SSSR count). The zero-order chi connectivity index (χ0) is 13.8. The number of carbonyl (C=O) groups is 1. The van der Waals surface area contributed by atoms with Crippen molar-refractivity contribution >= 4 is 33.3 Å². The summed E-state index contributed by atoms with van der Waals surface area (Å²) in [5.74, 6) is -0.150. The van der Waals surface area contributed by atoms with Gasteiger partial charge in [0.15, 0.2) is 5.78 Å². The van der Waals surface area contributed by atoms with E-state index in [-0.39, 0.29) is 5.78 Å². The van der Waals surface area contributed by atoms with Crippen molar-refractivity contribution in [2.45, 2.75) is 10.9 Å². The van der Waals surface area contributed by atoms with Crippen molar-refractivity contribution in [3.05, 3.63) is 70.7 Å². The topological polar surface area (TPSA) is 37.3 Å². The molecule has 2 atom stereocenters. The Balaban J connectivity index is 2.17. The van der Waals surface area contributed by atoms with Gasteiger partial charge in [-0.25, -0.2) is 0 Å². The molecule has 0 amide bonds. The number of benzene rings is 2. The van der Waals surface area contributed by atoms with Crippen LogP contribution in [-0.2, 0) is 0 Å². The third-order valence-corrected chi connectivity index (χ3v) is 3.97. The van der Waals surface area contributed by atoms with E-state index in [1.165, 1.54) is 0 Å². The molecule has 0 aliphatic heterocycles. The number of alkyl halides is 1. The number of rotatable bonds is 4. The van der Waals surface area contributed by atoms with Crippen LogP contribution in [0.2, 0.25) is 5.02 Å². The SMILES string of the molecule is O=C(c1ccccc1)[C@@H](Br)[C@H](O)c1ccc(Cl)cc1. The van der Waals surface area contributed by atoms with Gasteiger partial charge in [0, 0.05) is 10.6 Å². The summed E-state index contributed by atoms with van der Waals surface area (Å²) in [5.41, 5.74) is 1.22. The first-order valence-corrected chi connectivity index (χ1v) is 7.06. The summed E-state index contributed by atoms with van der Waals surface area (Å²) >= 11 is 9.06. The number of hydrogen-bond donors (Lipinski definition) is 1. The maximum absolute atomic E-state index is 12.2. The van der Waals surface area contributed by atoms with Gasteiger partial charge in [-0.3, -0.25) is 4.79 Å². The molecule has 98 valence electrons. The van der Waals surface area contributed by atoms with E-state index in [0.717, 1.165) is 0 Å². The van der Waals surface area contributed by atoms with Crippen LogP contribution >= 0.6 is 27.5 Å². The van der Waals surface area contributed by atoms with Gasteiger partial charge in [0.25, 0.3) is 0 Å². The minimum Gasteiger partial charge on any atom is -0.387 e. The minimum atomic E-state index is -0.912. The predicted octanol–water partition coefficient (Wildman–Crippen LogP) is 4.02. The zero-order valence-electron chi connectivity index (χ0n) is 9.96. The lowest BCUT2D eigenvalue weighted by Gasteiger charge is -2.16. The molecule has 0 aromatic heterocycles. The number of aliphatic hydroxyl groups is 1. The van der Waals surface area contributed by atoms with Crippen LogP contribution in [0.3, 0.4) is 0 Å². The second kappa shape index (κ2) is 6.33. The molecular formula is C15H12BrClO2. The number of halogens is 2. The Morgan fingerprint density at radius 2 is 1.63 bits per heavy atom. The quantitative estimate of drug-likeness (QED) is 0.675. The second-order valence-corrected chi connectivity index (χ2v) is 5.55. The monoisotopic (exact) mass is 338 g/mol. The maximum Gasteiger partial charge on any atom is 0.179 e. The lowest BCUT2D eigenvalue weighted by atomic mass is 10.0. The highest BCUT2D eigenvalue weighted by molar-refractivity contribution is 9.10. The number of hydrogen-bond acceptors (Lipinski definition) is 2. The van der Waals surface area contributed by atoms with Crippen molar-refractivity contribution in [3.8, 4) is 0 Å². The molecule has 0 aliphatic carbocycles. The molecule has 1 N–H and O–H groups in total.